The van der Waals surface area contributed by atoms with E-state index in [9.17, 15) is 5.11 Å². The van der Waals surface area contributed by atoms with E-state index in [2.05, 4.69) is 0 Å². The molecule has 0 atom stereocenters. The lowest BCUT2D eigenvalue weighted by Crippen LogP contribution is -2.29. The molecule has 0 heterocycles. The van der Waals surface area contributed by atoms with Crippen LogP contribution in [-0.4, -0.2) is 5.11 Å². The molecule has 0 bridgehead atoms. The van der Waals surface area contributed by atoms with Crippen molar-refractivity contribution in [3.63, 3.8) is 0 Å². The average molecular weight is 214 g/mol. The van der Waals surface area contributed by atoms with Gasteiger partial charge in [-0.05, 0) is 44.4 Å². The Hall–Kier alpha value is -0.730. The molecule has 0 aliphatic heterocycles. The summed E-state index contributed by atoms with van der Waals surface area (Å²) < 4.78 is 0. The molecule has 1 aromatic carbocycles. The van der Waals surface area contributed by atoms with Crippen molar-refractivity contribution in [2.45, 2.75) is 33.2 Å². The molecule has 0 spiro atoms. The molecule has 0 aliphatic carbocycles. The number of hydrogen-bond acceptors (Lipinski definition) is 2. The Labute approximate surface area is 89.7 Å². The fraction of sp³-hybridized carbons (Fsp3) is 0.455. The van der Waals surface area contributed by atoms with Crippen LogP contribution >= 0.6 is 11.6 Å². The van der Waals surface area contributed by atoms with E-state index in [0.29, 0.717) is 5.02 Å². The van der Waals surface area contributed by atoms with Crippen LogP contribution in [0.3, 0.4) is 0 Å². The molecule has 1 aromatic rings. The van der Waals surface area contributed by atoms with Crippen molar-refractivity contribution in [3.05, 3.63) is 27.8 Å². The minimum Gasteiger partial charge on any atom is -0.506 e. The van der Waals surface area contributed by atoms with Gasteiger partial charge in [0.1, 0.15) is 5.75 Å². The Morgan fingerprint density at radius 1 is 1.36 bits per heavy atom. The van der Waals surface area contributed by atoms with Gasteiger partial charge in [-0.2, -0.15) is 0 Å². The van der Waals surface area contributed by atoms with Crippen molar-refractivity contribution in [1.29, 1.82) is 0 Å². The van der Waals surface area contributed by atoms with E-state index in [1.807, 2.05) is 33.8 Å². The van der Waals surface area contributed by atoms with Gasteiger partial charge >= 0.3 is 0 Å². The van der Waals surface area contributed by atoms with Crippen LogP contribution in [-0.2, 0) is 5.54 Å². The van der Waals surface area contributed by atoms with Gasteiger partial charge in [0.25, 0.3) is 0 Å². The van der Waals surface area contributed by atoms with E-state index < -0.39 is 5.54 Å². The normalized spacial score (nSPS) is 11.9. The molecule has 0 radical (unpaired) electrons. The standard InChI is InChI=1S/C11H16ClNO/c1-6-5-8(11(3,4)13)7(2)10(14)9(6)12/h5,14H,13H2,1-4H3. The van der Waals surface area contributed by atoms with Crippen LogP contribution in [0.25, 0.3) is 0 Å². The SMILES string of the molecule is Cc1cc(C(C)(C)N)c(C)c(O)c1Cl. The van der Waals surface area contributed by atoms with Crippen molar-refractivity contribution >= 4 is 11.6 Å². The third-order valence-corrected chi connectivity index (χ3v) is 2.85. The molecule has 0 amide bonds. The molecule has 78 valence electrons. The number of rotatable bonds is 1. The van der Waals surface area contributed by atoms with Crippen LogP contribution in [0, 0.1) is 13.8 Å². The predicted molar refractivity (Wildman–Crippen MR) is 59.8 cm³/mol. The predicted octanol–water partition coefficient (Wildman–Crippen LogP) is 2.86. The second-order valence-electron chi connectivity index (χ2n) is 4.25. The summed E-state index contributed by atoms with van der Waals surface area (Å²) in [4.78, 5) is 0. The first-order valence-corrected chi connectivity index (χ1v) is 4.91. The monoisotopic (exact) mass is 213 g/mol. The Morgan fingerprint density at radius 2 is 1.86 bits per heavy atom. The lowest BCUT2D eigenvalue weighted by molar-refractivity contribution is 0.463. The fourth-order valence-electron chi connectivity index (χ4n) is 1.54. The van der Waals surface area contributed by atoms with Gasteiger partial charge in [-0.25, -0.2) is 0 Å². The maximum atomic E-state index is 9.74. The zero-order valence-corrected chi connectivity index (χ0v) is 9.74. The van der Waals surface area contributed by atoms with Crippen molar-refractivity contribution in [2.75, 3.05) is 0 Å². The number of benzene rings is 1. The minimum absolute atomic E-state index is 0.139. The number of aryl methyl sites for hydroxylation is 1. The molecular formula is C11H16ClNO. The Bertz CT molecular complexity index is 367. The van der Waals surface area contributed by atoms with Gasteiger partial charge in [0.15, 0.2) is 0 Å². The first-order chi connectivity index (χ1) is 6.25. The third-order valence-electron chi connectivity index (χ3n) is 2.37. The summed E-state index contributed by atoms with van der Waals surface area (Å²) in [6, 6.07) is 1.93. The maximum absolute atomic E-state index is 9.74. The number of aromatic hydroxyl groups is 1. The van der Waals surface area contributed by atoms with Crippen LogP contribution in [0.4, 0.5) is 0 Å². The molecule has 0 saturated heterocycles. The quantitative estimate of drug-likeness (QED) is 0.754. The van der Waals surface area contributed by atoms with Crippen LogP contribution in [0.2, 0.25) is 5.02 Å². The Kier molecular flexibility index (Phi) is 2.79. The Morgan fingerprint density at radius 3 is 2.29 bits per heavy atom. The highest BCUT2D eigenvalue weighted by Crippen LogP contribution is 2.36. The van der Waals surface area contributed by atoms with Crippen molar-refractivity contribution < 1.29 is 5.11 Å². The summed E-state index contributed by atoms with van der Waals surface area (Å²) >= 11 is 5.91. The van der Waals surface area contributed by atoms with E-state index in [-0.39, 0.29) is 5.75 Å². The topological polar surface area (TPSA) is 46.2 Å². The van der Waals surface area contributed by atoms with E-state index in [1.165, 1.54) is 0 Å². The highest BCUT2D eigenvalue weighted by molar-refractivity contribution is 6.32. The van der Waals surface area contributed by atoms with Gasteiger partial charge in [-0.1, -0.05) is 17.7 Å². The number of halogens is 1. The highest BCUT2D eigenvalue weighted by atomic mass is 35.5. The lowest BCUT2D eigenvalue weighted by atomic mass is 9.89. The van der Waals surface area contributed by atoms with E-state index in [1.54, 1.807) is 0 Å². The van der Waals surface area contributed by atoms with Gasteiger partial charge in [0.2, 0.25) is 0 Å². The lowest BCUT2D eigenvalue weighted by Gasteiger charge is -2.23. The van der Waals surface area contributed by atoms with Gasteiger partial charge in [-0.3, -0.25) is 0 Å². The molecule has 0 saturated carbocycles. The number of phenols is 1. The summed E-state index contributed by atoms with van der Waals surface area (Å²) in [6.07, 6.45) is 0. The van der Waals surface area contributed by atoms with Crippen molar-refractivity contribution in [1.82, 2.24) is 0 Å². The third kappa shape index (κ3) is 1.86. The van der Waals surface area contributed by atoms with Gasteiger partial charge in [-0.15, -0.1) is 0 Å². The van der Waals surface area contributed by atoms with Gasteiger partial charge < -0.3 is 10.8 Å². The van der Waals surface area contributed by atoms with Crippen LogP contribution in [0.15, 0.2) is 6.07 Å². The summed E-state index contributed by atoms with van der Waals surface area (Å²) in [6.45, 7) is 7.49. The summed E-state index contributed by atoms with van der Waals surface area (Å²) in [5.41, 5.74) is 8.07. The molecule has 3 N–H and O–H groups in total. The molecule has 0 fully saturated rings. The van der Waals surface area contributed by atoms with Crippen LogP contribution < -0.4 is 5.73 Å². The van der Waals surface area contributed by atoms with E-state index in [0.717, 1.165) is 16.7 Å². The highest BCUT2D eigenvalue weighted by Gasteiger charge is 2.21. The minimum atomic E-state index is -0.461. The molecule has 0 unspecified atom stereocenters. The average Bonchev–Trinajstić information content (AvgIpc) is 2.06. The number of phenolic OH excluding ortho intramolecular Hbond substituents is 1. The van der Waals surface area contributed by atoms with Gasteiger partial charge in [0, 0.05) is 5.54 Å². The molecule has 0 aliphatic rings. The first-order valence-electron chi connectivity index (χ1n) is 4.53. The zero-order valence-electron chi connectivity index (χ0n) is 8.98. The summed E-state index contributed by atoms with van der Waals surface area (Å²) in [7, 11) is 0. The molecule has 1 rings (SSSR count). The molecule has 0 aromatic heterocycles. The Balaban J connectivity index is 3.49. The molecular weight excluding hydrogens is 198 g/mol. The number of hydrogen-bond donors (Lipinski definition) is 2. The fourth-order valence-corrected chi connectivity index (χ4v) is 1.73. The molecule has 2 nitrogen and oxygen atoms in total. The summed E-state index contributed by atoms with van der Waals surface area (Å²) in [5, 5.41) is 10.2. The van der Waals surface area contributed by atoms with Crippen molar-refractivity contribution in [3.8, 4) is 5.75 Å². The molecule has 14 heavy (non-hydrogen) atoms. The van der Waals surface area contributed by atoms with Crippen molar-refractivity contribution in [2.24, 2.45) is 5.73 Å². The van der Waals surface area contributed by atoms with E-state index >= 15 is 0 Å². The zero-order chi connectivity index (χ0) is 11.1. The first kappa shape index (κ1) is 11.3. The second kappa shape index (κ2) is 3.44. The van der Waals surface area contributed by atoms with Crippen LogP contribution in [0.1, 0.15) is 30.5 Å². The second-order valence-corrected chi connectivity index (χ2v) is 4.63. The largest absolute Gasteiger partial charge is 0.506 e. The number of nitrogens with two attached hydrogens (primary N) is 1. The summed E-state index contributed by atoms with van der Waals surface area (Å²) in [5.74, 6) is 0.139. The molecule has 3 heteroatoms. The van der Waals surface area contributed by atoms with Gasteiger partial charge in [0.05, 0.1) is 5.02 Å². The van der Waals surface area contributed by atoms with E-state index in [4.69, 9.17) is 17.3 Å². The maximum Gasteiger partial charge on any atom is 0.137 e. The smallest absolute Gasteiger partial charge is 0.137 e. The van der Waals surface area contributed by atoms with Crippen LogP contribution in [0.5, 0.6) is 5.75 Å².